The number of rotatable bonds is 4. The van der Waals surface area contributed by atoms with Crippen molar-refractivity contribution in [2.24, 2.45) is 5.41 Å². The fraction of sp³-hybridized carbons (Fsp3) is 0.467. The molecule has 0 radical (unpaired) electrons. The molecule has 2 atom stereocenters. The molecule has 2 unspecified atom stereocenters. The van der Waals surface area contributed by atoms with Gasteiger partial charge in [-0.05, 0) is 29.5 Å². The zero-order valence-corrected chi connectivity index (χ0v) is 13.8. The van der Waals surface area contributed by atoms with Gasteiger partial charge in [0.15, 0.2) is 5.82 Å². The summed E-state index contributed by atoms with van der Waals surface area (Å²) >= 11 is 12.2. The van der Waals surface area contributed by atoms with E-state index < -0.39 is 6.10 Å². The lowest BCUT2D eigenvalue weighted by molar-refractivity contribution is 0.0361. The fourth-order valence-electron chi connectivity index (χ4n) is 2.27. The van der Waals surface area contributed by atoms with Crippen molar-refractivity contribution in [1.29, 1.82) is 0 Å². The van der Waals surface area contributed by atoms with Crippen molar-refractivity contribution >= 4 is 23.2 Å². The zero-order chi connectivity index (χ0) is 15.6. The molecule has 114 valence electrons. The second-order valence-corrected chi connectivity index (χ2v) is 7.06. The SMILES string of the molecule is CC(C)(C)C(O)C(Cc1ccc(Cl)cc1Cl)c1nc[nH]n1. The van der Waals surface area contributed by atoms with Crippen LogP contribution < -0.4 is 0 Å². The smallest absolute Gasteiger partial charge is 0.156 e. The van der Waals surface area contributed by atoms with Gasteiger partial charge >= 0.3 is 0 Å². The first-order chi connectivity index (χ1) is 9.79. The molecular formula is C15H19Cl2N3O. The molecule has 0 aliphatic heterocycles. The number of halogens is 2. The van der Waals surface area contributed by atoms with Crippen LogP contribution in [0.5, 0.6) is 0 Å². The van der Waals surface area contributed by atoms with Crippen LogP contribution in [-0.2, 0) is 6.42 Å². The van der Waals surface area contributed by atoms with Crippen LogP contribution in [0.3, 0.4) is 0 Å². The Hall–Kier alpha value is -1.10. The summed E-state index contributed by atoms with van der Waals surface area (Å²) in [6.45, 7) is 5.96. The first-order valence-corrected chi connectivity index (χ1v) is 7.52. The minimum atomic E-state index is -0.597. The summed E-state index contributed by atoms with van der Waals surface area (Å²) in [7, 11) is 0. The van der Waals surface area contributed by atoms with Gasteiger partial charge in [0, 0.05) is 10.0 Å². The Labute approximate surface area is 134 Å². The van der Waals surface area contributed by atoms with E-state index in [1.807, 2.05) is 26.8 Å². The number of aliphatic hydroxyl groups excluding tert-OH is 1. The van der Waals surface area contributed by atoms with E-state index in [0.29, 0.717) is 22.3 Å². The van der Waals surface area contributed by atoms with Gasteiger partial charge in [0.2, 0.25) is 0 Å². The average molecular weight is 328 g/mol. The molecule has 2 rings (SSSR count). The van der Waals surface area contributed by atoms with E-state index in [1.54, 1.807) is 12.1 Å². The van der Waals surface area contributed by atoms with Crippen LogP contribution in [0.1, 0.15) is 38.1 Å². The second-order valence-electron chi connectivity index (χ2n) is 6.21. The van der Waals surface area contributed by atoms with Crippen molar-refractivity contribution < 1.29 is 5.11 Å². The molecule has 1 heterocycles. The predicted molar refractivity (Wildman–Crippen MR) is 84.8 cm³/mol. The number of aromatic amines is 1. The van der Waals surface area contributed by atoms with Gasteiger partial charge in [-0.1, -0.05) is 50.0 Å². The standard InChI is InChI=1S/C15H19Cl2N3O/c1-15(2,3)13(21)11(14-18-8-19-20-14)6-9-4-5-10(16)7-12(9)17/h4-5,7-8,11,13,21H,6H2,1-3H3,(H,18,19,20). The predicted octanol–water partition coefficient (Wildman–Crippen LogP) is 3.84. The summed E-state index contributed by atoms with van der Waals surface area (Å²) in [6, 6.07) is 5.37. The average Bonchev–Trinajstić information content (AvgIpc) is 2.90. The summed E-state index contributed by atoms with van der Waals surface area (Å²) in [6.07, 6.45) is 1.47. The summed E-state index contributed by atoms with van der Waals surface area (Å²) < 4.78 is 0. The number of nitrogens with one attached hydrogen (secondary N) is 1. The van der Waals surface area contributed by atoms with E-state index in [-0.39, 0.29) is 11.3 Å². The van der Waals surface area contributed by atoms with Crippen LogP contribution in [0.25, 0.3) is 0 Å². The number of aliphatic hydroxyl groups is 1. The highest BCUT2D eigenvalue weighted by Crippen LogP contribution is 2.34. The number of benzene rings is 1. The second kappa shape index (κ2) is 6.34. The minimum absolute atomic E-state index is 0.241. The molecule has 1 aromatic carbocycles. The number of hydrogen-bond acceptors (Lipinski definition) is 3. The lowest BCUT2D eigenvalue weighted by Crippen LogP contribution is -2.34. The Morgan fingerprint density at radius 3 is 2.52 bits per heavy atom. The lowest BCUT2D eigenvalue weighted by atomic mass is 9.78. The van der Waals surface area contributed by atoms with Gasteiger partial charge in [-0.15, -0.1) is 0 Å². The van der Waals surface area contributed by atoms with E-state index in [1.165, 1.54) is 6.33 Å². The highest BCUT2D eigenvalue weighted by atomic mass is 35.5. The quantitative estimate of drug-likeness (QED) is 0.896. The highest BCUT2D eigenvalue weighted by molar-refractivity contribution is 6.35. The van der Waals surface area contributed by atoms with Gasteiger partial charge < -0.3 is 5.11 Å². The van der Waals surface area contributed by atoms with Crippen LogP contribution in [-0.4, -0.2) is 26.4 Å². The molecule has 0 saturated carbocycles. The Kier molecular flexibility index (Phi) is 4.91. The first kappa shape index (κ1) is 16.3. The van der Waals surface area contributed by atoms with Gasteiger partial charge in [-0.3, -0.25) is 5.10 Å². The largest absolute Gasteiger partial charge is 0.392 e. The third-order valence-electron chi connectivity index (χ3n) is 3.49. The monoisotopic (exact) mass is 327 g/mol. The number of hydrogen-bond donors (Lipinski definition) is 2. The fourth-order valence-corrected chi connectivity index (χ4v) is 2.75. The Morgan fingerprint density at radius 1 is 1.29 bits per heavy atom. The van der Waals surface area contributed by atoms with Crippen molar-refractivity contribution in [2.45, 2.75) is 39.2 Å². The molecule has 0 bridgehead atoms. The third kappa shape index (κ3) is 3.96. The van der Waals surface area contributed by atoms with E-state index in [2.05, 4.69) is 15.2 Å². The van der Waals surface area contributed by atoms with Crippen molar-refractivity contribution in [2.75, 3.05) is 0 Å². The molecule has 4 nitrogen and oxygen atoms in total. The van der Waals surface area contributed by atoms with Crippen molar-refractivity contribution in [1.82, 2.24) is 15.2 Å². The van der Waals surface area contributed by atoms with Gasteiger partial charge in [-0.25, -0.2) is 4.98 Å². The summed E-state index contributed by atoms with van der Waals surface area (Å²) in [5, 5.41) is 18.7. The third-order valence-corrected chi connectivity index (χ3v) is 4.08. The van der Waals surface area contributed by atoms with E-state index in [4.69, 9.17) is 23.2 Å². The highest BCUT2D eigenvalue weighted by Gasteiger charge is 2.34. The topological polar surface area (TPSA) is 61.8 Å². The molecule has 0 fully saturated rings. The Balaban J connectivity index is 2.33. The Morgan fingerprint density at radius 2 is 2.00 bits per heavy atom. The van der Waals surface area contributed by atoms with Crippen LogP contribution >= 0.6 is 23.2 Å². The van der Waals surface area contributed by atoms with Crippen LogP contribution in [0.4, 0.5) is 0 Å². The normalized spacial score (nSPS) is 15.0. The molecule has 2 aromatic rings. The maximum Gasteiger partial charge on any atom is 0.156 e. The molecule has 0 aliphatic carbocycles. The van der Waals surface area contributed by atoms with Gasteiger partial charge in [0.1, 0.15) is 6.33 Å². The number of nitrogens with zero attached hydrogens (tertiary/aromatic N) is 2. The first-order valence-electron chi connectivity index (χ1n) is 6.76. The van der Waals surface area contributed by atoms with Gasteiger partial charge in [-0.2, -0.15) is 5.10 Å². The van der Waals surface area contributed by atoms with Gasteiger partial charge in [0.05, 0.1) is 12.0 Å². The molecule has 0 aliphatic rings. The van der Waals surface area contributed by atoms with Crippen molar-refractivity contribution in [3.8, 4) is 0 Å². The summed E-state index contributed by atoms with van der Waals surface area (Å²) in [4.78, 5) is 4.20. The van der Waals surface area contributed by atoms with E-state index >= 15 is 0 Å². The maximum atomic E-state index is 10.7. The molecule has 0 amide bonds. The lowest BCUT2D eigenvalue weighted by Gasteiger charge is -2.31. The molecule has 0 saturated heterocycles. The van der Waals surface area contributed by atoms with Crippen molar-refractivity contribution in [3.63, 3.8) is 0 Å². The molecule has 1 aromatic heterocycles. The molecule has 2 N–H and O–H groups in total. The minimum Gasteiger partial charge on any atom is -0.392 e. The van der Waals surface area contributed by atoms with Crippen LogP contribution in [0.15, 0.2) is 24.5 Å². The van der Waals surface area contributed by atoms with Crippen LogP contribution in [0.2, 0.25) is 10.0 Å². The summed E-state index contributed by atoms with van der Waals surface area (Å²) in [5.41, 5.74) is 0.628. The maximum absolute atomic E-state index is 10.7. The molecule has 21 heavy (non-hydrogen) atoms. The summed E-state index contributed by atoms with van der Waals surface area (Å²) in [5.74, 6) is 0.346. The number of H-pyrrole nitrogens is 1. The molecule has 6 heteroatoms. The van der Waals surface area contributed by atoms with Crippen LogP contribution in [0, 0.1) is 5.41 Å². The van der Waals surface area contributed by atoms with Crippen molar-refractivity contribution in [3.05, 3.63) is 46.0 Å². The van der Waals surface area contributed by atoms with E-state index in [9.17, 15) is 5.11 Å². The number of aromatic nitrogens is 3. The zero-order valence-electron chi connectivity index (χ0n) is 12.3. The Bertz CT molecular complexity index is 593. The molecule has 0 spiro atoms. The molecular weight excluding hydrogens is 309 g/mol. The van der Waals surface area contributed by atoms with Gasteiger partial charge in [0.25, 0.3) is 0 Å². The van der Waals surface area contributed by atoms with E-state index in [0.717, 1.165) is 5.56 Å².